The van der Waals surface area contributed by atoms with Gasteiger partial charge in [-0.15, -0.1) is 0 Å². The molecule has 2 aliphatic rings. The number of ether oxygens (including phenoxy) is 4. The molecule has 0 aliphatic carbocycles. The number of unbranched alkanes of at least 4 members (excludes halogenated alkanes) is 1. The van der Waals surface area contributed by atoms with Gasteiger partial charge in [0.1, 0.15) is 24.7 Å². The molecule has 8 nitrogen and oxygen atoms in total. The number of carbonyl (C=O) groups is 2. The molecular weight excluding hydrogens is 438 g/mol. The number of fused-ring (bicyclic) bond motifs is 1. The van der Waals surface area contributed by atoms with Gasteiger partial charge >= 0.3 is 0 Å². The maximum absolute atomic E-state index is 13.1. The highest BCUT2D eigenvalue weighted by molar-refractivity contribution is 6.46. The lowest BCUT2D eigenvalue weighted by Crippen LogP contribution is -2.32. The lowest BCUT2D eigenvalue weighted by Gasteiger charge is -2.25. The van der Waals surface area contributed by atoms with E-state index in [0.29, 0.717) is 48.2 Å². The Morgan fingerprint density at radius 1 is 1.09 bits per heavy atom. The van der Waals surface area contributed by atoms with Crippen molar-refractivity contribution in [2.24, 2.45) is 0 Å². The Morgan fingerprint density at radius 3 is 2.65 bits per heavy atom. The Bertz CT molecular complexity index is 1090. The summed E-state index contributed by atoms with van der Waals surface area (Å²) in [5.74, 6) is -0.00648. The summed E-state index contributed by atoms with van der Waals surface area (Å²) in [6, 6.07) is 11.4. The number of nitrogens with zero attached hydrogens (tertiary/aromatic N) is 1. The van der Waals surface area contributed by atoms with Crippen molar-refractivity contribution in [1.29, 1.82) is 0 Å². The fraction of sp³-hybridized carbons (Fsp3) is 0.385. The number of ketones is 1. The van der Waals surface area contributed by atoms with E-state index in [4.69, 9.17) is 18.9 Å². The molecule has 1 amide bonds. The minimum atomic E-state index is -0.780. The zero-order chi connectivity index (χ0) is 24.1. The van der Waals surface area contributed by atoms with Crippen LogP contribution in [0.2, 0.25) is 0 Å². The van der Waals surface area contributed by atoms with E-state index >= 15 is 0 Å². The summed E-state index contributed by atoms with van der Waals surface area (Å²) < 4.78 is 22.2. The van der Waals surface area contributed by atoms with Crippen molar-refractivity contribution in [2.75, 3.05) is 40.1 Å². The van der Waals surface area contributed by atoms with E-state index in [-0.39, 0.29) is 24.5 Å². The number of methoxy groups -OCH3 is 1. The predicted molar refractivity (Wildman–Crippen MR) is 125 cm³/mol. The number of rotatable bonds is 9. The number of Topliss-reactive ketones (excluding diaryl/α,β-unsaturated/α-hetero) is 1. The van der Waals surface area contributed by atoms with Gasteiger partial charge in [0.2, 0.25) is 0 Å². The lowest BCUT2D eigenvalue weighted by atomic mass is 9.95. The Hall–Kier alpha value is -3.52. The molecule has 1 N–H and O–H groups in total. The number of amides is 1. The Balaban J connectivity index is 1.77. The third-order valence-corrected chi connectivity index (χ3v) is 5.83. The molecule has 0 bridgehead atoms. The van der Waals surface area contributed by atoms with Gasteiger partial charge in [0.15, 0.2) is 11.5 Å². The zero-order valence-electron chi connectivity index (χ0n) is 19.4. The molecule has 1 unspecified atom stereocenters. The Kier molecular flexibility index (Phi) is 7.37. The summed E-state index contributed by atoms with van der Waals surface area (Å²) in [5.41, 5.74) is 1.06. The molecule has 0 aromatic heterocycles. The largest absolute Gasteiger partial charge is 0.507 e. The normalized spacial score (nSPS) is 18.9. The third kappa shape index (κ3) is 4.72. The number of hydrogen-bond acceptors (Lipinski definition) is 7. The lowest BCUT2D eigenvalue weighted by molar-refractivity contribution is -0.140. The second-order valence-corrected chi connectivity index (χ2v) is 8.12. The molecular formula is C26H29NO7. The van der Waals surface area contributed by atoms with Crippen molar-refractivity contribution >= 4 is 17.4 Å². The summed E-state index contributed by atoms with van der Waals surface area (Å²) >= 11 is 0. The number of carbonyl (C=O) groups excluding carboxylic acids is 2. The molecule has 0 radical (unpaired) electrons. The van der Waals surface area contributed by atoms with Crippen LogP contribution < -0.4 is 14.2 Å². The van der Waals surface area contributed by atoms with E-state index in [1.165, 1.54) is 12.0 Å². The van der Waals surface area contributed by atoms with Gasteiger partial charge in [0.05, 0.1) is 24.8 Å². The maximum atomic E-state index is 13.1. The zero-order valence-corrected chi connectivity index (χ0v) is 19.4. The molecule has 34 heavy (non-hydrogen) atoms. The molecule has 0 spiro atoms. The fourth-order valence-electron chi connectivity index (χ4n) is 4.10. The van der Waals surface area contributed by atoms with Gasteiger partial charge < -0.3 is 29.0 Å². The summed E-state index contributed by atoms with van der Waals surface area (Å²) in [5, 5.41) is 11.2. The van der Waals surface area contributed by atoms with Crippen LogP contribution in [0.25, 0.3) is 5.76 Å². The van der Waals surface area contributed by atoms with Crippen LogP contribution in [0.15, 0.2) is 48.0 Å². The Morgan fingerprint density at radius 2 is 1.88 bits per heavy atom. The molecule has 0 saturated carbocycles. The summed E-state index contributed by atoms with van der Waals surface area (Å²) in [4.78, 5) is 27.5. The first-order chi connectivity index (χ1) is 16.5. The highest BCUT2D eigenvalue weighted by Gasteiger charge is 2.46. The molecule has 2 aromatic rings. The van der Waals surface area contributed by atoms with Crippen molar-refractivity contribution in [3.05, 3.63) is 59.2 Å². The van der Waals surface area contributed by atoms with Crippen LogP contribution in [-0.2, 0) is 14.3 Å². The molecule has 1 atom stereocenters. The second-order valence-electron chi connectivity index (χ2n) is 8.12. The van der Waals surface area contributed by atoms with Crippen LogP contribution in [0.4, 0.5) is 0 Å². The quantitative estimate of drug-likeness (QED) is 0.260. The van der Waals surface area contributed by atoms with Crippen molar-refractivity contribution in [3.8, 4) is 17.2 Å². The first-order valence-corrected chi connectivity index (χ1v) is 11.4. The molecule has 180 valence electrons. The molecule has 1 saturated heterocycles. The van der Waals surface area contributed by atoms with Crippen molar-refractivity contribution < 1.29 is 33.6 Å². The molecule has 2 heterocycles. The van der Waals surface area contributed by atoms with Gasteiger partial charge in [-0.25, -0.2) is 0 Å². The smallest absolute Gasteiger partial charge is 0.295 e. The van der Waals surface area contributed by atoms with Gasteiger partial charge in [-0.2, -0.15) is 0 Å². The van der Waals surface area contributed by atoms with Crippen molar-refractivity contribution in [2.45, 2.75) is 25.8 Å². The van der Waals surface area contributed by atoms with E-state index in [1.54, 1.807) is 18.2 Å². The van der Waals surface area contributed by atoms with E-state index in [0.717, 1.165) is 12.8 Å². The third-order valence-electron chi connectivity index (χ3n) is 5.83. The highest BCUT2D eigenvalue weighted by atomic mass is 16.6. The highest BCUT2D eigenvalue weighted by Crippen LogP contribution is 2.41. The molecule has 8 heteroatoms. The fourth-order valence-corrected chi connectivity index (χ4v) is 4.10. The van der Waals surface area contributed by atoms with Crippen molar-refractivity contribution in [3.63, 3.8) is 0 Å². The Labute approximate surface area is 198 Å². The minimum Gasteiger partial charge on any atom is -0.507 e. The van der Waals surface area contributed by atoms with Gasteiger partial charge in [0, 0.05) is 19.2 Å². The first-order valence-electron chi connectivity index (χ1n) is 11.4. The topological polar surface area (TPSA) is 94.5 Å². The van der Waals surface area contributed by atoms with E-state index in [2.05, 4.69) is 6.92 Å². The van der Waals surface area contributed by atoms with E-state index in [1.807, 2.05) is 24.3 Å². The molecule has 1 fully saturated rings. The summed E-state index contributed by atoms with van der Waals surface area (Å²) in [7, 11) is 1.53. The number of benzene rings is 2. The van der Waals surface area contributed by atoms with Crippen LogP contribution in [-0.4, -0.2) is 61.8 Å². The van der Waals surface area contributed by atoms with E-state index < -0.39 is 17.7 Å². The SMILES string of the molecule is CCCCOc1cccc(C2/C(=C(\O)c3ccc4c(c3)OCCO4)C(=O)C(=O)N2CCOC)c1. The average molecular weight is 468 g/mol. The number of aliphatic hydroxyl groups is 1. The molecule has 2 aliphatic heterocycles. The van der Waals surface area contributed by atoms with Crippen LogP contribution in [0.5, 0.6) is 17.2 Å². The van der Waals surface area contributed by atoms with Gasteiger partial charge in [0.25, 0.3) is 11.7 Å². The number of aliphatic hydroxyl groups excluding tert-OH is 1. The first kappa shape index (κ1) is 23.6. The van der Waals surface area contributed by atoms with Crippen LogP contribution in [0, 0.1) is 0 Å². The monoisotopic (exact) mass is 467 g/mol. The summed E-state index contributed by atoms with van der Waals surface area (Å²) in [6.45, 7) is 3.94. The van der Waals surface area contributed by atoms with Crippen molar-refractivity contribution in [1.82, 2.24) is 4.90 Å². The maximum Gasteiger partial charge on any atom is 0.295 e. The van der Waals surface area contributed by atoms with Crippen LogP contribution >= 0.6 is 0 Å². The number of likely N-dealkylation sites (tertiary alicyclic amines) is 1. The average Bonchev–Trinajstić information content (AvgIpc) is 3.12. The van der Waals surface area contributed by atoms with Gasteiger partial charge in [-0.3, -0.25) is 9.59 Å². The number of hydrogen-bond donors (Lipinski definition) is 1. The molecule has 4 rings (SSSR count). The standard InChI is InChI=1S/C26H29NO7/c1-3-4-11-32-19-7-5-6-17(15-19)23-22(25(29)26(30)27(23)10-12-31-2)24(28)18-8-9-20-21(16-18)34-14-13-33-20/h5-9,15-16,23,28H,3-4,10-14H2,1-2H3/b24-22+. The van der Waals surface area contributed by atoms with Crippen LogP contribution in [0.1, 0.15) is 36.9 Å². The van der Waals surface area contributed by atoms with E-state index in [9.17, 15) is 14.7 Å². The molecule has 2 aromatic carbocycles. The predicted octanol–water partition coefficient (Wildman–Crippen LogP) is 3.70. The minimum absolute atomic E-state index is 0.0171. The summed E-state index contributed by atoms with van der Waals surface area (Å²) in [6.07, 6.45) is 1.92. The van der Waals surface area contributed by atoms with Crippen LogP contribution in [0.3, 0.4) is 0 Å². The van der Waals surface area contributed by atoms with Gasteiger partial charge in [-0.05, 0) is 42.3 Å². The second kappa shape index (κ2) is 10.6. The van der Waals surface area contributed by atoms with Gasteiger partial charge in [-0.1, -0.05) is 25.5 Å².